The zero-order valence-corrected chi connectivity index (χ0v) is 16.1. The van der Waals surface area contributed by atoms with E-state index in [1.165, 1.54) is 24.3 Å². The lowest BCUT2D eigenvalue weighted by molar-refractivity contribution is 0.0785. The highest BCUT2D eigenvalue weighted by Gasteiger charge is 2.16. The van der Waals surface area contributed by atoms with Crippen molar-refractivity contribution in [2.45, 2.75) is 18.4 Å². The standard InChI is InChI=1S/C20H22N2O4S/c1-4-14-21-27(24,25)19-12-8-17(9-13-19)20(23)22(3)15-16-6-10-18(11-7-16)26-5-2/h1,6-13,21H,5,14-15H2,2-3H3. The Labute approximate surface area is 160 Å². The number of benzene rings is 2. The van der Waals surface area contributed by atoms with Crippen LogP contribution in [-0.2, 0) is 16.6 Å². The number of carbonyl (C=O) groups is 1. The molecular weight excluding hydrogens is 364 g/mol. The van der Waals surface area contributed by atoms with Gasteiger partial charge in [-0.25, -0.2) is 8.42 Å². The Morgan fingerprint density at radius 1 is 1.15 bits per heavy atom. The van der Waals surface area contributed by atoms with Crippen molar-refractivity contribution < 1.29 is 17.9 Å². The predicted molar refractivity (Wildman–Crippen MR) is 104 cm³/mol. The van der Waals surface area contributed by atoms with E-state index in [0.717, 1.165) is 11.3 Å². The van der Waals surface area contributed by atoms with Crippen molar-refractivity contribution in [2.24, 2.45) is 0 Å². The Bertz CT molecular complexity index is 914. The van der Waals surface area contributed by atoms with E-state index in [1.807, 2.05) is 31.2 Å². The highest BCUT2D eigenvalue weighted by molar-refractivity contribution is 7.89. The molecule has 2 rings (SSSR count). The summed E-state index contributed by atoms with van der Waals surface area (Å²) in [5.74, 6) is 2.79. The van der Waals surface area contributed by atoms with Crippen LogP contribution in [0.2, 0.25) is 0 Å². The summed E-state index contributed by atoms with van der Waals surface area (Å²) in [4.78, 5) is 14.2. The average Bonchev–Trinajstić information content (AvgIpc) is 2.67. The smallest absolute Gasteiger partial charge is 0.253 e. The van der Waals surface area contributed by atoms with Gasteiger partial charge in [-0.1, -0.05) is 18.1 Å². The van der Waals surface area contributed by atoms with Gasteiger partial charge in [-0.15, -0.1) is 6.42 Å². The second-order valence-corrected chi connectivity index (χ2v) is 7.56. The molecule has 2 aromatic rings. The molecule has 7 heteroatoms. The van der Waals surface area contributed by atoms with Gasteiger partial charge in [-0.3, -0.25) is 4.79 Å². The normalized spacial score (nSPS) is 10.9. The number of terminal acetylenes is 1. The SMILES string of the molecule is C#CCNS(=O)(=O)c1ccc(C(=O)N(C)Cc2ccc(OCC)cc2)cc1. The molecule has 0 radical (unpaired) electrons. The lowest BCUT2D eigenvalue weighted by atomic mass is 10.1. The van der Waals surface area contributed by atoms with Crippen molar-refractivity contribution in [3.05, 3.63) is 59.7 Å². The highest BCUT2D eigenvalue weighted by atomic mass is 32.2. The van der Waals surface area contributed by atoms with Crippen molar-refractivity contribution in [3.63, 3.8) is 0 Å². The minimum atomic E-state index is -3.67. The molecule has 0 saturated carbocycles. The molecule has 0 aromatic heterocycles. The maximum absolute atomic E-state index is 12.6. The Morgan fingerprint density at radius 2 is 1.78 bits per heavy atom. The summed E-state index contributed by atoms with van der Waals surface area (Å²) in [7, 11) is -1.98. The molecule has 0 heterocycles. The molecule has 0 unspecified atom stereocenters. The third-order valence-electron chi connectivity index (χ3n) is 3.78. The number of amides is 1. The largest absolute Gasteiger partial charge is 0.494 e. The van der Waals surface area contributed by atoms with Gasteiger partial charge in [0.1, 0.15) is 5.75 Å². The molecule has 0 aliphatic carbocycles. The highest BCUT2D eigenvalue weighted by Crippen LogP contribution is 2.16. The summed E-state index contributed by atoms with van der Waals surface area (Å²) in [6.07, 6.45) is 5.06. The Morgan fingerprint density at radius 3 is 2.33 bits per heavy atom. The number of hydrogen-bond donors (Lipinski definition) is 1. The van der Waals surface area contributed by atoms with Gasteiger partial charge < -0.3 is 9.64 Å². The van der Waals surface area contributed by atoms with Crippen LogP contribution in [0.3, 0.4) is 0 Å². The van der Waals surface area contributed by atoms with Crippen LogP contribution in [0.1, 0.15) is 22.8 Å². The number of sulfonamides is 1. The van der Waals surface area contributed by atoms with Crippen LogP contribution in [0.25, 0.3) is 0 Å². The number of carbonyl (C=O) groups excluding carboxylic acids is 1. The second-order valence-electron chi connectivity index (χ2n) is 5.79. The third kappa shape index (κ3) is 5.58. The number of ether oxygens (including phenoxy) is 1. The first-order valence-corrected chi connectivity index (χ1v) is 9.86. The lowest BCUT2D eigenvalue weighted by Crippen LogP contribution is -2.26. The summed E-state index contributed by atoms with van der Waals surface area (Å²) >= 11 is 0. The first kappa shape index (κ1) is 20.5. The molecule has 0 saturated heterocycles. The molecular formula is C20H22N2O4S. The van der Waals surface area contributed by atoms with Gasteiger partial charge in [0.25, 0.3) is 5.91 Å². The van der Waals surface area contributed by atoms with Crippen molar-refractivity contribution in [3.8, 4) is 18.1 Å². The summed E-state index contributed by atoms with van der Waals surface area (Å²) in [6, 6.07) is 13.3. The fraction of sp³-hybridized carbons (Fsp3) is 0.250. The Hall–Kier alpha value is -2.82. The van der Waals surface area contributed by atoms with E-state index in [9.17, 15) is 13.2 Å². The summed E-state index contributed by atoms with van der Waals surface area (Å²) in [6.45, 7) is 2.85. The van der Waals surface area contributed by atoms with Gasteiger partial charge in [0.2, 0.25) is 10.0 Å². The van der Waals surface area contributed by atoms with Gasteiger partial charge in [-0.2, -0.15) is 4.72 Å². The van der Waals surface area contributed by atoms with E-state index in [4.69, 9.17) is 11.2 Å². The van der Waals surface area contributed by atoms with Gasteiger partial charge in [0, 0.05) is 19.2 Å². The number of nitrogens with zero attached hydrogens (tertiary/aromatic N) is 1. The zero-order valence-electron chi connectivity index (χ0n) is 15.3. The number of nitrogens with one attached hydrogen (secondary N) is 1. The fourth-order valence-electron chi connectivity index (χ4n) is 2.42. The monoisotopic (exact) mass is 386 g/mol. The third-order valence-corrected chi connectivity index (χ3v) is 5.19. The van der Waals surface area contributed by atoms with Gasteiger partial charge in [0.05, 0.1) is 18.0 Å². The van der Waals surface area contributed by atoms with Crippen LogP contribution in [0.5, 0.6) is 5.75 Å². The molecule has 0 atom stereocenters. The van der Waals surface area contributed by atoms with Crippen molar-refractivity contribution in [2.75, 3.05) is 20.2 Å². The minimum Gasteiger partial charge on any atom is -0.494 e. The van der Waals surface area contributed by atoms with E-state index in [1.54, 1.807) is 11.9 Å². The second kappa shape index (κ2) is 9.21. The van der Waals surface area contributed by atoms with Crippen molar-refractivity contribution in [1.29, 1.82) is 0 Å². The van der Waals surface area contributed by atoms with Gasteiger partial charge >= 0.3 is 0 Å². The molecule has 27 heavy (non-hydrogen) atoms. The molecule has 6 nitrogen and oxygen atoms in total. The van der Waals surface area contributed by atoms with Gasteiger partial charge in [-0.05, 0) is 48.9 Å². The quantitative estimate of drug-likeness (QED) is 0.706. The minimum absolute atomic E-state index is 0.0588. The summed E-state index contributed by atoms with van der Waals surface area (Å²) in [5, 5.41) is 0. The van der Waals surface area contributed by atoms with Crippen LogP contribution in [0.4, 0.5) is 0 Å². The maximum atomic E-state index is 12.6. The van der Waals surface area contributed by atoms with Crippen molar-refractivity contribution in [1.82, 2.24) is 9.62 Å². The van der Waals surface area contributed by atoms with Crippen LogP contribution in [0, 0.1) is 12.3 Å². The van der Waals surface area contributed by atoms with Crippen LogP contribution >= 0.6 is 0 Å². The van der Waals surface area contributed by atoms with Crippen LogP contribution in [-0.4, -0.2) is 39.4 Å². The summed E-state index contributed by atoms with van der Waals surface area (Å²) < 4.78 is 31.7. The molecule has 0 aliphatic rings. The molecule has 2 aromatic carbocycles. The lowest BCUT2D eigenvalue weighted by Gasteiger charge is -2.18. The topological polar surface area (TPSA) is 75.7 Å². The van der Waals surface area contributed by atoms with Gasteiger partial charge in [0.15, 0.2) is 0 Å². The average molecular weight is 386 g/mol. The molecule has 0 aliphatic heterocycles. The van der Waals surface area contributed by atoms with E-state index >= 15 is 0 Å². The van der Waals surface area contributed by atoms with E-state index < -0.39 is 10.0 Å². The first-order valence-electron chi connectivity index (χ1n) is 8.37. The van der Waals surface area contributed by atoms with Crippen LogP contribution in [0.15, 0.2) is 53.4 Å². The molecule has 1 amide bonds. The molecule has 0 spiro atoms. The molecule has 0 bridgehead atoms. The molecule has 1 N–H and O–H groups in total. The Kier molecular flexibility index (Phi) is 6.99. The van der Waals surface area contributed by atoms with E-state index in [0.29, 0.717) is 18.7 Å². The Balaban J connectivity index is 2.05. The number of rotatable bonds is 8. The van der Waals surface area contributed by atoms with Crippen LogP contribution < -0.4 is 9.46 Å². The molecule has 142 valence electrons. The maximum Gasteiger partial charge on any atom is 0.253 e. The summed E-state index contributed by atoms with van der Waals surface area (Å²) in [5.41, 5.74) is 1.37. The van der Waals surface area contributed by atoms with E-state index in [-0.39, 0.29) is 17.3 Å². The van der Waals surface area contributed by atoms with E-state index in [2.05, 4.69) is 10.6 Å². The predicted octanol–water partition coefficient (Wildman–Crippen LogP) is 2.27. The number of hydrogen-bond acceptors (Lipinski definition) is 4. The molecule has 0 fully saturated rings. The first-order chi connectivity index (χ1) is 12.9. The van der Waals surface area contributed by atoms with Crippen molar-refractivity contribution >= 4 is 15.9 Å². The zero-order chi connectivity index (χ0) is 19.9. The fourth-order valence-corrected chi connectivity index (χ4v) is 3.35.